The second-order valence-corrected chi connectivity index (χ2v) is 11.7. The van der Waals surface area contributed by atoms with Gasteiger partial charge < -0.3 is 9.32 Å². The molecule has 0 saturated heterocycles. The van der Waals surface area contributed by atoms with Crippen LogP contribution < -0.4 is 4.90 Å². The van der Waals surface area contributed by atoms with Crippen LogP contribution in [0.25, 0.3) is 65.7 Å². The molecule has 0 aliphatic carbocycles. The Hall–Kier alpha value is -6.12. The molecule has 2 nitrogen and oxygen atoms in total. The summed E-state index contributed by atoms with van der Waals surface area (Å²) in [6.07, 6.45) is 0. The molecular formula is C44H29NO. The van der Waals surface area contributed by atoms with Crippen LogP contribution in [0.1, 0.15) is 0 Å². The van der Waals surface area contributed by atoms with Crippen molar-refractivity contribution in [2.75, 3.05) is 4.90 Å². The SMILES string of the molecule is c1cc(-c2cccc3ccccc23)cc(N(c2ccc(-c3cccc4oc5ccccc5c34)cc2)c2cccc3ccccc23)c1. The van der Waals surface area contributed by atoms with E-state index >= 15 is 0 Å². The third-order valence-electron chi connectivity index (χ3n) is 9.05. The fourth-order valence-electron chi connectivity index (χ4n) is 6.93. The minimum absolute atomic E-state index is 0.908. The lowest BCUT2D eigenvalue weighted by molar-refractivity contribution is 0.669. The van der Waals surface area contributed by atoms with E-state index in [1.165, 1.54) is 38.2 Å². The number of furan rings is 1. The average Bonchev–Trinajstić information content (AvgIpc) is 3.51. The van der Waals surface area contributed by atoms with Gasteiger partial charge in [0.05, 0.1) is 5.69 Å². The number of rotatable bonds is 5. The van der Waals surface area contributed by atoms with Crippen LogP contribution in [0.2, 0.25) is 0 Å². The maximum atomic E-state index is 6.20. The van der Waals surface area contributed by atoms with Gasteiger partial charge in [0.25, 0.3) is 0 Å². The van der Waals surface area contributed by atoms with Gasteiger partial charge in [-0.15, -0.1) is 0 Å². The van der Waals surface area contributed by atoms with Gasteiger partial charge in [0.2, 0.25) is 0 Å². The molecule has 1 heterocycles. The number of fused-ring (bicyclic) bond motifs is 5. The minimum Gasteiger partial charge on any atom is -0.456 e. The number of para-hydroxylation sites is 1. The van der Waals surface area contributed by atoms with E-state index in [1.54, 1.807) is 0 Å². The van der Waals surface area contributed by atoms with Crippen molar-refractivity contribution in [3.05, 3.63) is 176 Å². The number of nitrogens with zero attached hydrogens (tertiary/aromatic N) is 1. The van der Waals surface area contributed by atoms with E-state index in [0.29, 0.717) is 0 Å². The van der Waals surface area contributed by atoms with Crippen molar-refractivity contribution in [1.29, 1.82) is 0 Å². The van der Waals surface area contributed by atoms with Gasteiger partial charge in [-0.25, -0.2) is 0 Å². The first-order chi connectivity index (χ1) is 22.8. The highest BCUT2D eigenvalue weighted by atomic mass is 16.3. The zero-order valence-corrected chi connectivity index (χ0v) is 25.1. The van der Waals surface area contributed by atoms with E-state index in [2.05, 4.69) is 169 Å². The summed E-state index contributed by atoms with van der Waals surface area (Å²) in [5.41, 5.74) is 9.91. The molecule has 0 radical (unpaired) electrons. The second kappa shape index (κ2) is 10.8. The molecule has 8 aromatic carbocycles. The molecule has 0 aliphatic heterocycles. The van der Waals surface area contributed by atoms with Gasteiger partial charge in [-0.3, -0.25) is 0 Å². The number of anilines is 3. The van der Waals surface area contributed by atoms with Gasteiger partial charge in [-0.05, 0) is 80.9 Å². The molecule has 0 amide bonds. The molecular weight excluding hydrogens is 558 g/mol. The molecule has 0 atom stereocenters. The Balaban J connectivity index is 1.21. The van der Waals surface area contributed by atoms with Gasteiger partial charge in [0.15, 0.2) is 0 Å². The molecule has 0 spiro atoms. The molecule has 0 bridgehead atoms. The van der Waals surface area contributed by atoms with Crippen LogP contribution in [0.4, 0.5) is 17.1 Å². The summed E-state index contributed by atoms with van der Waals surface area (Å²) >= 11 is 0. The van der Waals surface area contributed by atoms with Crippen molar-refractivity contribution in [1.82, 2.24) is 0 Å². The molecule has 46 heavy (non-hydrogen) atoms. The molecule has 0 fully saturated rings. The monoisotopic (exact) mass is 587 g/mol. The summed E-state index contributed by atoms with van der Waals surface area (Å²) in [6.45, 7) is 0. The van der Waals surface area contributed by atoms with E-state index in [0.717, 1.165) is 44.6 Å². The molecule has 216 valence electrons. The summed E-state index contributed by atoms with van der Waals surface area (Å²) in [6, 6.07) is 62.8. The average molecular weight is 588 g/mol. The highest BCUT2D eigenvalue weighted by Gasteiger charge is 2.18. The quantitative estimate of drug-likeness (QED) is 0.199. The largest absolute Gasteiger partial charge is 0.456 e. The van der Waals surface area contributed by atoms with Gasteiger partial charge in [-0.2, -0.15) is 0 Å². The molecule has 0 N–H and O–H groups in total. The molecule has 0 unspecified atom stereocenters. The Labute approximate surface area is 267 Å². The van der Waals surface area contributed by atoms with Crippen molar-refractivity contribution < 1.29 is 4.42 Å². The highest BCUT2D eigenvalue weighted by molar-refractivity contribution is 6.12. The van der Waals surface area contributed by atoms with Crippen LogP contribution in [0, 0.1) is 0 Å². The van der Waals surface area contributed by atoms with E-state index in [4.69, 9.17) is 4.42 Å². The lowest BCUT2D eigenvalue weighted by Crippen LogP contribution is -2.10. The summed E-state index contributed by atoms with van der Waals surface area (Å²) in [7, 11) is 0. The molecule has 2 heteroatoms. The van der Waals surface area contributed by atoms with Crippen molar-refractivity contribution in [3.8, 4) is 22.3 Å². The molecule has 9 aromatic rings. The Morgan fingerprint density at radius 3 is 1.83 bits per heavy atom. The lowest BCUT2D eigenvalue weighted by Gasteiger charge is -2.27. The van der Waals surface area contributed by atoms with Crippen LogP contribution in [0.3, 0.4) is 0 Å². The van der Waals surface area contributed by atoms with E-state index < -0.39 is 0 Å². The second-order valence-electron chi connectivity index (χ2n) is 11.7. The molecule has 0 aliphatic rings. The predicted octanol–water partition coefficient (Wildman–Crippen LogP) is 12.7. The Morgan fingerprint density at radius 2 is 0.978 bits per heavy atom. The maximum absolute atomic E-state index is 6.20. The predicted molar refractivity (Wildman–Crippen MR) is 194 cm³/mol. The standard InChI is InChI=1S/C44H29NO/c1-3-17-36-30(11-1)13-8-20-37(36)33-15-7-16-35(29-33)45(41-22-9-14-31-12-2-4-18-38(31)41)34-27-25-32(26-28-34)39-21-10-24-43-44(39)40-19-5-6-23-42(40)46-43/h1-29H. The van der Waals surface area contributed by atoms with Crippen molar-refractivity contribution >= 4 is 60.5 Å². The fraction of sp³-hybridized carbons (Fsp3) is 0. The van der Waals surface area contributed by atoms with Gasteiger partial charge in [-0.1, -0.05) is 133 Å². The smallest absolute Gasteiger partial charge is 0.136 e. The maximum Gasteiger partial charge on any atom is 0.136 e. The first-order valence-electron chi connectivity index (χ1n) is 15.7. The van der Waals surface area contributed by atoms with Crippen molar-refractivity contribution in [3.63, 3.8) is 0 Å². The van der Waals surface area contributed by atoms with Crippen molar-refractivity contribution in [2.45, 2.75) is 0 Å². The van der Waals surface area contributed by atoms with E-state index in [9.17, 15) is 0 Å². The number of hydrogen-bond donors (Lipinski definition) is 0. The third kappa shape index (κ3) is 4.35. The lowest BCUT2D eigenvalue weighted by atomic mass is 9.97. The number of benzene rings is 8. The van der Waals surface area contributed by atoms with Crippen molar-refractivity contribution in [2.24, 2.45) is 0 Å². The summed E-state index contributed by atoms with van der Waals surface area (Å²) in [4.78, 5) is 2.38. The molecule has 1 aromatic heterocycles. The zero-order valence-electron chi connectivity index (χ0n) is 25.1. The zero-order chi connectivity index (χ0) is 30.5. The van der Waals surface area contributed by atoms with Crippen LogP contribution in [-0.2, 0) is 0 Å². The Bertz CT molecular complexity index is 2530. The topological polar surface area (TPSA) is 16.4 Å². The van der Waals surface area contributed by atoms with Crippen LogP contribution >= 0.6 is 0 Å². The summed E-state index contributed by atoms with van der Waals surface area (Å²) in [5, 5.41) is 7.21. The Kier molecular flexibility index (Phi) is 6.17. The van der Waals surface area contributed by atoms with Gasteiger partial charge in [0.1, 0.15) is 11.2 Å². The minimum atomic E-state index is 0.908. The fourth-order valence-corrected chi connectivity index (χ4v) is 6.93. The molecule has 0 saturated carbocycles. The van der Waals surface area contributed by atoms with Crippen LogP contribution in [0.15, 0.2) is 180 Å². The normalized spacial score (nSPS) is 11.5. The third-order valence-corrected chi connectivity index (χ3v) is 9.05. The van der Waals surface area contributed by atoms with Crippen LogP contribution in [0.5, 0.6) is 0 Å². The Morgan fingerprint density at radius 1 is 0.370 bits per heavy atom. The van der Waals surface area contributed by atoms with Gasteiger partial charge >= 0.3 is 0 Å². The number of hydrogen-bond acceptors (Lipinski definition) is 2. The van der Waals surface area contributed by atoms with Gasteiger partial charge in [0, 0.05) is 27.5 Å². The van der Waals surface area contributed by atoms with Crippen LogP contribution in [-0.4, -0.2) is 0 Å². The first-order valence-corrected chi connectivity index (χ1v) is 15.7. The van der Waals surface area contributed by atoms with E-state index in [1.807, 2.05) is 12.1 Å². The highest BCUT2D eigenvalue weighted by Crippen LogP contribution is 2.42. The van der Waals surface area contributed by atoms with E-state index in [-0.39, 0.29) is 0 Å². The summed E-state index contributed by atoms with van der Waals surface area (Å²) in [5.74, 6) is 0. The summed E-state index contributed by atoms with van der Waals surface area (Å²) < 4.78 is 6.20. The first kappa shape index (κ1) is 26.3. The molecule has 9 rings (SSSR count).